The highest BCUT2D eigenvalue weighted by molar-refractivity contribution is 5.99. The molecule has 2 N–H and O–H groups in total. The SMILES string of the molecule is CCCCCc1cc(C(=O)N2CC[C@@H]2C(=O)NO)cc(OC)c1OC. The summed E-state index contributed by atoms with van der Waals surface area (Å²) in [6.45, 7) is 2.62. The van der Waals surface area contributed by atoms with E-state index in [1.54, 1.807) is 18.7 Å². The Morgan fingerprint density at radius 3 is 2.56 bits per heavy atom. The summed E-state index contributed by atoms with van der Waals surface area (Å²) < 4.78 is 10.8. The van der Waals surface area contributed by atoms with Gasteiger partial charge in [-0.05, 0) is 37.0 Å². The Bertz CT molecular complexity index is 632. The fourth-order valence-electron chi connectivity index (χ4n) is 3.06. The van der Waals surface area contributed by atoms with E-state index < -0.39 is 11.9 Å². The van der Waals surface area contributed by atoms with Crippen LogP contribution in [0.1, 0.15) is 48.5 Å². The van der Waals surface area contributed by atoms with Crippen LogP contribution in [0.4, 0.5) is 0 Å². The number of nitrogens with zero attached hydrogens (tertiary/aromatic N) is 1. The Morgan fingerprint density at radius 1 is 1.28 bits per heavy atom. The summed E-state index contributed by atoms with van der Waals surface area (Å²) in [5, 5.41) is 8.78. The molecular formula is C18H26N2O5. The molecule has 0 radical (unpaired) electrons. The number of ether oxygens (including phenoxy) is 2. The monoisotopic (exact) mass is 350 g/mol. The fraction of sp³-hybridized carbons (Fsp3) is 0.556. The minimum atomic E-state index is -0.630. The number of aryl methyl sites for hydroxylation is 1. The zero-order valence-corrected chi connectivity index (χ0v) is 15.0. The lowest BCUT2D eigenvalue weighted by atomic mass is 9.98. The Hall–Kier alpha value is -2.28. The van der Waals surface area contributed by atoms with Gasteiger partial charge in [0.05, 0.1) is 14.2 Å². The van der Waals surface area contributed by atoms with Gasteiger partial charge in [-0.3, -0.25) is 14.8 Å². The van der Waals surface area contributed by atoms with Gasteiger partial charge in [0.2, 0.25) is 0 Å². The van der Waals surface area contributed by atoms with Gasteiger partial charge >= 0.3 is 0 Å². The Labute approximate surface area is 147 Å². The molecule has 1 fully saturated rings. The van der Waals surface area contributed by atoms with Crippen LogP contribution in [0.2, 0.25) is 0 Å². The van der Waals surface area contributed by atoms with Crippen LogP contribution in [-0.4, -0.2) is 48.7 Å². The van der Waals surface area contributed by atoms with Crippen molar-refractivity contribution in [1.29, 1.82) is 0 Å². The van der Waals surface area contributed by atoms with Gasteiger partial charge in [-0.1, -0.05) is 19.8 Å². The van der Waals surface area contributed by atoms with Crippen LogP contribution in [0.5, 0.6) is 11.5 Å². The predicted molar refractivity (Wildman–Crippen MR) is 92.1 cm³/mol. The largest absolute Gasteiger partial charge is 0.493 e. The molecule has 1 aliphatic rings. The highest BCUT2D eigenvalue weighted by atomic mass is 16.5. The van der Waals surface area contributed by atoms with Crippen molar-refractivity contribution in [1.82, 2.24) is 10.4 Å². The van der Waals surface area contributed by atoms with Crippen LogP contribution in [-0.2, 0) is 11.2 Å². The number of amides is 2. The van der Waals surface area contributed by atoms with Gasteiger partial charge in [0.25, 0.3) is 11.8 Å². The number of unbranched alkanes of at least 4 members (excludes halogenated alkanes) is 2. The minimum Gasteiger partial charge on any atom is -0.493 e. The summed E-state index contributed by atoms with van der Waals surface area (Å²) in [5.74, 6) is 0.327. The number of carbonyl (C=O) groups excluding carboxylic acids is 2. The second-order valence-electron chi connectivity index (χ2n) is 6.11. The van der Waals surface area contributed by atoms with Crippen LogP contribution in [0.15, 0.2) is 12.1 Å². The average molecular weight is 350 g/mol. The van der Waals surface area contributed by atoms with Gasteiger partial charge in [0.1, 0.15) is 6.04 Å². The van der Waals surface area contributed by atoms with E-state index in [-0.39, 0.29) is 5.91 Å². The maximum atomic E-state index is 12.8. The van der Waals surface area contributed by atoms with Crippen molar-refractivity contribution >= 4 is 11.8 Å². The van der Waals surface area contributed by atoms with Gasteiger partial charge in [0, 0.05) is 12.1 Å². The molecule has 1 aromatic rings. The van der Waals surface area contributed by atoms with Crippen molar-refractivity contribution in [2.45, 2.75) is 45.1 Å². The maximum Gasteiger partial charge on any atom is 0.266 e. The molecule has 7 nitrogen and oxygen atoms in total. The smallest absolute Gasteiger partial charge is 0.266 e. The Balaban J connectivity index is 2.29. The van der Waals surface area contributed by atoms with Gasteiger partial charge in [-0.2, -0.15) is 0 Å². The molecule has 0 aromatic heterocycles. The molecule has 1 aliphatic heterocycles. The number of likely N-dealkylation sites (tertiary alicyclic amines) is 1. The molecule has 7 heteroatoms. The minimum absolute atomic E-state index is 0.252. The summed E-state index contributed by atoms with van der Waals surface area (Å²) in [6, 6.07) is 2.82. The van der Waals surface area contributed by atoms with E-state index in [1.807, 2.05) is 6.07 Å². The lowest BCUT2D eigenvalue weighted by Crippen LogP contribution is -2.57. The fourth-order valence-corrected chi connectivity index (χ4v) is 3.06. The average Bonchev–Trinajstić information content (AvgIpc) is 2.59. The molecule has 2 amide bonds. The number of hydrogen-bond donors (Lipinski definition) is 2. The van der Waals surface area contributed by atoms with Gasteiger partial charge in [0.15, 0.2) is 11.5 Å². The van der Waals surface area contributed by atoms with Crippen molar-refractivity contribution in [2.75, 3.05) is 20.8 Å². The standard InChI is InChI=1S/C18H26N2O5/c1-4-5-6-7-12-10-13(11-15(24-2)16(12)25-3)18(22)20-9-8-14(20)17(21)19-23/h10-11,14,23H,4-9H2,1-3H3,(H,19,21)/t14-/m1/s1. The molecule has 1 saturated heterocycles. The zero-order valence-electron chi connectivity index (χ0n) is 15.0. The first-order valence-electron chi connectivity index (χ1n) is 8.57. The second kappa shape index (κ2) is 8.71. The van der Waals surface area contributed by atoms with E-state index in [0.29, 0.717) is 30.0 Å². The molecule has 0 unspecified atom stereocenters. The first kappa shape index (κ1) is 19.1. The molecule has 25 heavy (non-hydrogen) atoms. The van der Waals surface area contributed by atoms with Crippen LogP contribution < -0.4 is 15.0 Å². The van der Waals surface area contributed by atoms with E-state index in [1.165, 1.54) is 12.0 Å². The maximum absolute atomic E-state index is 12.8. The third-order valence-corrected chi connectivity index (χ3v) is 4.55. The molecule has 138 valence electrons. The van der Waals surface area contributed by atoms with E-state index in [0.717, 1.165) is 31.2 Å². The molecule has 0 spiro atoms. The number of hydroxylamine groups is 1. The molecule has 1 heterocycles. The highest BCUT2D eigenvalue weighted by Crippen LogP contribution is 2.35. The number of nitrogens with one attached hydrogen (secondary N) is 1. The molecular weight excluding hydrogens is 324 g/mol. The third kappa shape index (κ3) is 4.04. The van der Waals surface area contributed by atoms with E-state index >= 15 is 0 Å². The highest BCUT2D eigenvalue weighted by Gasteiger charge is 2.38. The first-order chi connectivity index (χ1) is 12.1. The summed E-state index contributed by atoms with van der Waals surface area (Å²) in [6.07, 6.45) is 4.51. The number of hydrogen-bond acceptors (Lipinski definition) is 5. The summed E-state index contributed by atoms with van der Waals surface area (Å²) in [4.78, 5) is 25.8. The van der Waals surface area contributed by atoms with E-state index in [9.17, 15) is 9.59 Å². The van der Waals surface area contributed by atoms with Crippen molar-refractivity contribution < 1.29 is 24.3 Å². The first-order valence-corrected chi connectivity index (χ1v) is 8.57. The third-order valence-electron chi connectivity index (χ3n) is 4.55. The number of carbonyl (C=O) groups is 2. The van der Waals surface area contributed by atoms with Crippen LogP contribution in [0.25, 0.3) is 0 Å². The molecule has 1 atom stereocenters. The molecule has 0 saturated carbocycles. The lowest BCUT2D eigenvalue weighted by Gasteiger charge is -2.39. The summed E-state index contributed by atoms with van der Waals surface area (Å²) >= 11 is 0. The molecule has 2 rings (SSSR count). The zero-order chi connectivity index (χ0) is 18.4. The van der Waals surface area contributed by atoms with Crippen molar-refractivity contribution in [2.24, 2.45) is 0 Å². The molecule has 1 aromatic carbocycles. The number of methoxy groups -OCH3 is 2. The molecule has 0 aliphatic carbocycles. The van der Waals surface area contributed by atoms with Crippen molar-refractivity contribution in [3.8, 4) is 11.5 Å². The van der Waals surface area contributed by atoms with E-state index in [2.05, 4.69) is 6.92 Å². The summed E-state index contributed by atoms with van der Waals surface area (Å²) in [5.41, 5.74) is 2.99. The normalized spacial score (nSPS) is 16.2. The Kier molecular flexibility index (Phi) is 6.64. The summed E-state index contributed by atoms with van der Waals surface area (Å²) in [7, 11) is 3.12. The quantitative estimate of drug-likeness (QED) is 0.426. The number of benzene rings is 1. The van der Waals surface area contributed by atoms with Crippen molar-refractivity contribution in [3.63, 3.8) is 0 Å². The van der Waals surface area contributed by atoms with Crippen LogP contribution in [0.3, 0.4) is 0 Å². The topological polar surface area (TPSA) is 88.1 Å². The predicted octanol–water partition coefficient (Wildman–Crippen LogP) is 2.16. The lowest BCUT2D eigenvalue weighted by molar-refractivity contribution is -0.137. The van der Waals surface area contributed by atoms with Gasteiger partial charge < -0.3 is 14.4 Å². The second-order valence-corrected chi connectivity index (χ2v) is 6.11. The van der Waals surface area contributed by atoms with Crippen LogP contribution >= 0.6 is 0 Å². The van der Waals surface area contributed by atoms with Crippen LogP contribution in [0, 0.1) is 0 Å². The van der Waals surface area contributed by atoms with Gasteiger partial charge in [-0.15, -0.1) is 0 Å². The Morgan fingerprint density at radius 2 is 2.04 bits per heavy atom. The van der Waals surface area contributed by atoms with Gasteiger partial charge in [-0.25, -0.2) is 5.48 Å². The van der Waals surface area contributed by atoms with E-state index in [4.69, 9.17) is 14.7 Å². The van der Waals surface area contributed by atoms with Crippen molar-refractivity contribution in [3.05, 3.63) is 23.3 Å². The number of rotatable bonds is 8. The molecule has 0 bridgehead atoms.